The second-order valence-electron chi connectivity index (χ2n) is 5.79. The number of nitrogens with zero attached hydrogens (tertiary/aromatic N) is 2. The molecule has 0 unspecified atom stereocenters. The first kappa shape index (κ1) is 14.1. The van der Waals surface area contributed by atoms with E-state index in [4.69, 9.17) is 0 Å². The van der Waals surface area contributed by atoms with Gasteiger partial charge in [0, 0.05) is 12.8 Å². The Kier molecular flexibility index (Phi) is 4.20. The number of imidazole rings is 1. The number of amides is 1. The van der Waals surface area contributed by atoms with Crippen molar-refractivity contribution in [3.8, 4) is 0 Å². The monoisotopic (exact) mass is 287 g/mol. The molecule has 0 bridgehead atoms. The van der Waals surface area contributed by atoms with E-state index in [1.165, 1.54) is 25.9 Å². The van der Waals surface area contributed by atoms with Gasteiger partial charge in [0.1, 0.15) is 12.4 Å². The van der Waals surface area contributed by atoms with Crippen LogP contribution in [0.3, 0.4) is 0 Å². The molecule has 0 atom stereocenters. The van der Waals surface area contributed by atoms with E-state index in [2.05, 4.69) is 10.3 Å². The first-order chi connectivity index (χ1) is 10.2. The summed E-state index contributed by atoms with van der Waals surface area (Å²) in [6, 6.07) is 7.94. The van der Waals surface area contributed by atoms with Gasteiger partial charge in [-0.2, -0.15) is 0 Å². The molecule has 1 aliphatic rings. The molecule has 21 heavy (non-hydrogen) atoms. The largest absolute Gasteiger partial charge is 0.349 e. The maximum atomic E-state index is 12.1. The lowest BCUT2D eigenvalue weighted by Crippen LogP contribution is -3.10. The zero-order valence-corrected chi connectivity index (χ0v) is 12.6. The van der Waals surface area contributed by atoms with Crippen LogP contribution in [0.5, 0.6) is 0 Å². The smallest absolute Gasteiger partial charge is 0.240 e. The molecule has 3 rings (SSSR count). The number of aromatic nitrogens is 2. The SMILES string of the molecule is Cc1nc2ccccc2n1CC(=O)NCC[NH+]1CCCC1. The van der Waals surface area contributed by atoms with Crippen LogP contribution in [-0.2, 0) is 11.3 Å². The number of nitrogens with one attached hydrogen (secondary N) is 2. The molecule has 5 heteroatoms. The minimum Gasteiger partial charge on any atom is -0.349 e. The highest BCUT2D eigenvalue weighted by Crippen LogP contribution is 2.14. The molecule has 2 aromatic rings. The number of likely N-dealkylation sites (tertiary alicyclic amines) is 1. The second kappa shape index (κ2) is 6.26. The summed E-state index contributed by atoms with van der Waals surface area (Å²) < 4.78 is 1.98. The number of quaternary nitrogens is 1. The number of benzene rings is 1. The van der Waals surface area contributed by atoms with Crippen LogP contribution in [0, 0.1) is 6.92 Å². The molecule has 2 heterocycles. The molecule has 5 nitrogen and oxygen atoms in total. The number of para-hydroxylation sites is 2. The zero-order chi connectivity index (χ0) is 14.7. The number of rotatable bonds is 5. The van der Waals surface area contributed by atoms with Crippen molar-refractivity contribution in [3.63, 3.8) is 0 Å². The Balaban J connectivity index is 1.57. The lowest BCUT2D eigenvalue weighted by Gasteiger charge is -2.13. The van der Waals surface area contributed by atoms with E-state index in [1.54, 1.807) is 4.90 Å². The van der Waals surface area contributed by atoms with Crippen molar-refractivity contribution in [1.82, 2.24) is 14.9 Å². The average Bonchev–Trinajstić information content (AvgIpc) is 3.08. The summed E-state index contributed by atoms with van der Waals surface area (Å²) in [5.41, 5.74) is 1.97. The van der Waals surface area contributed by atoms with E-state index in [9.17, 15) is 4.79 Å². The first-order valence-electron chi connectivity index (χ1n) is 7.76. The zero-order valence-electron chi connectivity index (χ0n) is 12.6. The molecule has 1 aliphatic heterocycles. The lowest BCUT2D eigenvalue weighted by atomic mass is 10.3. The molecule has 0 spiro atoms. The Morgan fingerprint density at radius 2 is 2.10 bits per heavy atom. The standard InChI is InChI=1S/C16H22N4O/c1-13-18-14-6-2-3-7-15(14)20(13)12-16(21)17-8-11-19-9-4-5-10-19/h2-3,6-7H,4-5,8-12H2,1H3,(H,17,21)/p+1. The molecule has 112 valence electrons. The van der Waals surface area contributed by atoms with Crippen LogP contribution < -0.4 is 10.2 Å². The van der Waals surface area contributed by atoms with Crippen molar-refractivity contribution >= 4 is 16.9 Å². The molecule has 1 fully saturated rings. The highest BCUT2D eigenvalue weighted by molar-refractivity contribution is 5.81. The number of fused-ring (bicyclic) bond motifs is 1. The van der Waals surface area contributed by atoms with Gasteiger partial charge in [-0.05, 0) is 19.1 Å². The molecule has 1 amide bonds. The lowest BCUT2D eigenvalue weighted by molar-refractivity contribution is -0.886. The second-order valence-corrected chi connectivity index (χ2v) is 5.79. The maximum Gasteiger partial charge on any atom is 0.240 e. The summed E-state index contributed by atoms with van der Waals surface area (Å²) in [4.78, 5) is 18.2. The predicted octanol–water partition coefficient (Wildman–Crippen LogP) is 0.140. The summed E-state index contributed by atoms with van der Waals surface area (Å²) in [5.74, 6) is 0.955. The van der Waals surface area contributed by atoms with Gasteiger partial charge in [0.25, 0.3) is 0 Å². The van der Waals surface area contributed by atoms with Crippen LogP contribution >= 0.6 is 0 Å². The normalized spacial score (nSPS) is 15.7. The summed E-state index contributed by atoms with van der Waals surface area (Å²) >= 11 is 0. The average molecular weight is 287 g/mol. The van der Waals surface area contributed by atoms with Crippen LogP contribution in [0.25, 0.3) is 11.0 Å². The van der Waals surface area contributed by atoms with Gasteiger partial charge in [-0.1, -0.05) is 12.1 Å². The topological polar surface area (TPSA) is 51.4 Å². The van der Waals surface area contributed by atoms with Gasteiger partial charge in [0.15, 0.2) is 0 Å². The third kappa shape index (κ3) is 3.24. The van der Waals surface area contributed by atoms with Gasteiger partial charge >= 0.3 is 0 Å². The molecular weight excluding hydrogens is 264 g/mol. The molecule has 1 saturated heterocycles. The van der Waals surface area contributed by atoms with Crippen molar-refractivity contribution in [3.05, 3.63) is 30.1 Å². The molecule has 0 saturated carbocycles. The van der Waals surface area contributed by atoms with Crippen LogP contribution in [0.4, 0.5) is 0 Å². The summed E-state index contributed by atoms with van der Waals surface area (Å²) in [7, 11) is 0. The van der Waals surface area contributed by atoms with Crippen LogP contribution in [-0.4, -0.2) is 41.6 Å². The van der Waals surface area contributed by atoms with Gasteiger partial charge in [-0.25, -0.2) is 4.98 Å². The van der Waals surface area contributed by atoms with Crippen molar-refractivity contribution in [2.45, 2.75) is 26.3 Å². The summed E-state index contributed by atoms with van der Waals surface area (Å²) in [5, 5.41) is 3.03. The highest BCUT2D eigenvalue weighted by Gasteiger charge is 2.15. The number of hydrogen-bond donors (Lipinski definition) is 2. The summed E-state index contributed by atoms with van der Waals surface area (Å²) in [6.45, 7) is 6.60. The Hall–Kier alpha value is -1.88. The van der Waals surface area contributed by atoms with Crippen molar-refractivity contribution in [2.75, 3.05) is 26.2 Å². The molecule has 0 aliphatic carbocycles. The van der Waals surface area contributed by atoms with Gasteiger partial charge < -0.3 is 14.8 Å². The molecule has 1 aromatic heterocycles. The predicted molar refractivity (Wildman–Crippen MR) is 82.3 cm³/mol. The molecular formula is C16H23N4O+. The van der Waals surface area contributed by atoms with Crippen molar-refractivity contribution < 1.29 is 9.69 Å². The van der Waals surface area contributed by atoms with Gasteiger partial charge in [0.05, 0.1) is 37.2 Å². The van der Waals surface area contributed by atoms with E-state index in [0.717, 1.165) is 29.9 Å². The molecule has 0 radical (unpaired) electrons. The highest BCUT2D eigenvalue weighted by atomic mass is 16.1. The molecule has 2 N–H and O–H groups in total. The van der Waals surface area contributed by atoms with E-state index < -0.39 is 0 Å². The van der Waals surface area contributed by atoms with Crippen LogP contribution in [0.2, 0.25) is 0 Å². The fraction of sp³-hybridized carbons (Fsp3) is 0.500. The number of carbonyl (C=O) groups is 1. The Labute approximate surface area is 125 Å². The summed E-state index contributed by atoms with van der Waals surface area (Å²) in [6.07, 6.45) is 2.65. The minimum atomic E-state index is 0.0693. The van der Waals surface area contributed by atoms with Crippen molar-refractivity contribution in [1.29, 1.82) is 0 Å². The van der Waals surface area contributed by atoms with E-state index >= 15 is 0 Å². The van der Waals surface area contributed by atoms with E-state index in [0.29, 0.717) is 6.54 Å². The van der Waals surface area contributed by atoms with Crippen LogP contribution in [0.15, 0.2) is 24.3 Å². The minimum absolute atomic E-state index is 0.0693. The Bertz CT molecular complexity index is 628. The van der Waals surface area contributed by atoms with Gasteiger partial charge in [-0.15, -0.1) is 0 Å². The number of carbonyl (C=O) groups excluding carboxylic acids is 1. The van der Waals surface area contributed by atoms with E-state index in [-0.39, 0.29) is 5.91 Å². The van der Waals surface area contributed by atoms with Crippen molar-refractivity contribution in [2.24, 2.45) is 0 Å². The molecule has 1 aromatic carbocycles. The van der Waals surface area contributed by atoms with Crippen LogP contribution in [0.1, 0.15) is 18.7 Å². The third-order valence-corrected chi connectivity index (χ3v) is 4.26. The fourth-order valence-electron chi connectivity index (χ4n) is 3.10. The Morgan fingerprint density at radius 1 is 1.33 bits per heavy atom. The van der Waals surface area contributed by atoms with E-state index in [1.807, 2.05) is 35.8 Å². The van der Waals surface area contributed by atoms with Gasteiger partial charge in [0.2, 0.25) is 5.91 Å². The maximum absolute atomic E-state index is 12.1. The third-order valence-electron chi connectivity index (χ3n) is 4.26. The Morgan fingerprint density at radius 3 is 2.90 bits per heavy atom. The van der Waals surface area contributed by atoms with Gasteiger partial charge in [-0.3, -0.25) is 4.79 Å². The first-order valence-corrected chi connectivity index (χ1v) is 7.76. The number of aryl methyl sites for hydroxylation is 1. The quantitative estimate of drug-likeness (QED) is 0.822. The number of hydrogen-bond acceptors (Lipinski definition) is 2. The fourth-order valence-corrected chi connectivity index (χ4v) is 3.10.